The van der Waals surface area contributed by atoms with Crippen molar-refractivity contribution in [2.45, 2.75) is 18.9 Å². The van der Waals surface area contributed by atoms with Gasteiger partial charge in [-0.1, -0.05) is 0 Å². The predicted octanol–water partition coefficient (Wildman–Crippen LogP) is 1.13. The minimum absolute atomic E-state index is 0.0757. The van der Waals surface area contributed by atoms with Crippen LogP contribution >= 0.6 is 0 Å². The second kappa shape index (κ2) is 4.71. The molecule has 4 nitrogen and oxygen atoms in total. The Hall–Kier alpha value is -1.62. The Balaban J connectivity index is 2.22. The molecule has 0 aromatic heterocycles. The maximum absolute atomic E-state index is 12.8. The van der Waals surface area contributed by atoms with Crippen LogP contribution in [0, 0.1) is 5.82 Å². The monoisotopic (exact) mass is 239 g/mol. The molecule has 1 aliphatic carbocycles. The first-order valence-corrected chi connectivity index (χ1v) is 5.54. The number of carbonyl (C=O) groups is 1. The van der Waals surface area contributed by atoms with Crippen LogP contribution < -0.4 is 0 Å². The Morgan fingerprint density at radius 3 is 2.71 bits per heavy atom. The third-order valence-corrected chi connectivity index (χ3v) is 2.78. The number of phenolic OH excluding ortho intramolecular Hbond substituents is 1. The molecule has 2 rings (SSSR count). The molecule has 0 atom stereocenters. The molecule has 0 saturated heterocycles. The van der Waals surface area contributed by atoms with E-state index in [0.29, 0.717) is 0 Å². The van der Waals surface area contributed by atoms with Crippen LogP contribution in [0.3, 0.4) is 0 Å². The molecule has 0 bridgehead atoms. The Morgan fingerprint density at radius 2 is 2.18 bits per heavy atom. The average Bonchev–Trinajstić information content (AvgIpc) is 3.09. The number of nitrogens with zero attached hydrogens (tertiary/aromatic N) is 1. The van der Waals surface area contributed by atoms with Crippen molar-refractivity contribution in [2.24, 2.45) is 0 Å². The summed E-state index contributed by atoms with van der Waals surface area (Å²) in [7, 11) is 0. The van der Waals surface area contributed by atoms with E-state index in [2.05, 4.69) is 0 Å². The van der Waals surface area contributed by atoms with Gasteiger partial charge in [-0.2, -0.15) is 0 Å². The average molecular weight is 239 g/mol. The van der Waals surface area contributed by atoms with Gasteiger partial charge in [-0.25, -0.2) is 4.39 Å². The number of amides is 1. The van der Waals surface area contributed by atoms with Gasteiger partial charge in [0, 0.05) is 18.7 Å². The fraction of sp³-hybridized carbons (Fsp3) is 0.417. The number of aliphatic hydroxyl groups is 1. The molecule has 1 fully saturated rings. The molecule has 1 aromatic rings. The molecule has 5 heteroatoms. The zero-order chi connectivity index (χ0) is 12.4. The third-order valence-electron chi connectivity index (χ3n) is 2.78. The number of rotatable bonds is 4. The van der Waals surface area contributed by atoms with Gasteiger partial charge in [0.05, 0.1) is 12.2 Å². The summed E-state index contributed by atoms with van der Waals surface area (Å²) in [6, 6.07) is 3.45. The number of hydrogen-bond acceptors (Lipinski definition) is 3. The van der Waals surface area contributed by atoms with E-state index in [1.54, 1.807) is 0 Å². The molecule has 1 aromatic carbocycles. The van der Waals surface area contributed by atoms with Crippen molar-refractivity contribution in [3.05, 3.63) is 29.6 Å². The Morgan fingerprint density at radius 1 is 1.47 bits per heavy atom. The lowest BCUT2D eigenvalue weighted by Gasteiger charge is -2.21. The highest BCUT2D eigenvalue weighted by Crippen LogP contribution is 2.29. The molecule has 1 aliphatic rings. The number of aromatic hydroxyl groups is 1. The van der Waals surface area contributed by atoms with Gasteiger partial charge in [0.25, 0.3) is 5.91 Å². The molecule has 0 radical (unpaired) electrons. The molecule has 0 heterocycles. The summed E-state index contributed by atoms with van der Waals surface area (Å²) in [6.07, 6.45) is 1.82. The maximum atomic E-state index is 12.8. The highest BCUT2D eigenvalue weighted by Gasteiger charge is 2.33. The molecular formula is C12H14FNO3. The summed E-state index contributed by atoms with van der Waals surface area (Å²) >= 11 is 0. The molecule has 2 N–H and O–H groups in total. The second-order valence-electron chi connectivity index (χ2n) is 4.11. The van der Waals surface area contributed by atoms with Gasteiger partial charge in [-0.05, 0) is 25.0 Å². The first-order valence-electron chi connectivity index (χ1n) is 5.54. The number of carbonyl (C=O) groups excluding carboxylic acids is 1. The predicted molar refractivity (Wildman–Crippen MR) is 59.2 cm³/mol. The molecule has 1 saturated carbocycles. The van der Waals surface area contributed by atoms with Crippen molar-refractivity contribution in [2.75, 3.05) is 13.2 Å². The summed E-state index contributed by atoms with van der Waals surface area (Å²) in [5.41, 5.74) is 0.0757. The molecular weight excluding hydrogens is 225 g/mol. The van der Waals surface area contributed by atoms with Crippen molar-refractivity contribution in [3.8, 4) is 5.75 Å². The largest absolute Gasteiger partial charge is 0.507 e. The highest BCUT2D eigenvalue weighted by molar-refractivity contribution is 5.97. The van der Waals surface area contributed by atoms with E-state index in [9.17, 15) is 14.3 Å². The van der Waals surface area contributed by atoms with E-state index < -0.39 is 5.82 Å². The van der Waals surface area contributed by atoms with Crippen molar-refractivity contribution in [1.82, 2.24) is 4.90 Å². The van der Waals surface area contributed by atoms with Crippen LogP contribution in [-0.4, -0.2) is 40.2 Å². The zero-order valence-corrected chi connectivity index (χ0v) is 9.27. The van der Waals surface area contributed by atoms with E-state index in [0.717, 1.165) is 25.0 Å². The minimum atomic E-state index is -0.584. The van der Waals surface area contributed by atoms with Gasteiger partial charge in [-0.3, -0.25) is 4.79 Å². The summed E-state index contributed by atoms with van der Waals surface area (Å²) < 4.78 is 12.8. The lowest BCUT2D eigenvalue weighted by molar-refractivity contribution is 0.0704. The van der Waals surface area contributed by atoms with Crippen LogP contribution in [0.15, 0.2) is 18.2 Å². The van der Waals surface area contributed by atoms with Gasteiger partial charge in [0.1, 0.15) is 11.6 Å². The van der Waals surface area contributed by atoms with Crippen LogP contribution in [0.25, 0.3) is 0 Å². The standard InChI is InChI=1S/C12H14FNO3/c13-8-1-4-10(11(16)7-8)12(17)14(5-6-15)9-2-3-9/h1,4,7,9,15-16H,2-3,5-6H2. The van der Waals surface area contributed by atoms with Gasteiger partial charge in [-0.15, -0.1) is 0 Å². The zero-order valence-electron chi connectivity index (χ0n) is 9.27. The lowest BCUT2D eigenvalue weighted by Crippen LogP contribution is -2.35. The van der Waals surface area contributed by atoms with Crippen LogP contribution in [-0.2, 0) is 0 Å². The maximum Gasteiger partial charge on any atom is 0.257 e. The first kappa shape index (κ1) is 11.9. The van der Waals surface area contributed by atoms with Gasteiger partial charge < -0.3 is 15.1 Å². The summed E-state index contributed by atoms with van der Waals surface area (Å²) in [5, 5.41) is 18.4. The Kier molecular flexibility index (Phi) is 3.28. The topological polar surface area (TPSA) is 60.8 Å². The van der Waals surface area contributed by atoms with E-state index in [-0.39, 0.29) is 36.4 Å². The molecule has 0 aliphatic heterocycles. The second-order valence-corrected chi connectivity index (χ2v) is 4.11. The smallest absolute Gasteiger partial charge is 0.257 e. The van der Waals surface area contributed by atoms with Gasteiger partial charge in [0.15, 0.2) is 0 Å². The number of benzene rings is 1. The van der Waals surface area contributed by atoms with Gasteiger partial charge >= 0.3 is 0 Å². The van der Waals surface area contributed by atoms with Gasteiger partial charge in [0.2, 0.25) is 0 Å². The minimum Gasteiger partial charge on any atom is -0.507 e. The van der Waals surface area contributed by atoms with Crippen molar-refractivity contribution < 1.29 is 19.4 Å². The Labute approximate surface area is 98.3 Å². The molecule has 0 spiro atoms. The van der Waals surface area contributed by atoms with E-state index in [1.165, 1.54) is 11.0 Å². The van der Waals surface area contributed by atoms with Crippen LogP contribution in [0.2, 0.25) is 0 Å². The molecule has 92 valence electrons. The van der Waals surface area contributed by atoms with Crippen molar-refractivity contribution in [1.29, 1.82) is 0 Å². The van der Waals surface area contributed by atoms with Crippen molar-refractivity contribution >= 4 is 5.91 Å². The van der Waals surface area contributed by atoms with E-state index in [4.69, 9.17) is 5.11 Å². The fourth-order valence-electron chi connectivity index (χ4n) is 1.78. The Bertz CT molecular complexity index is 432. The fourth-order valence-corrected chi connectivity index (χ4v) is 1.78. The summed E-state index contributed by atoms with van der Waals surface area (Å²) in [6.45, 7) is 0.116. The summed E-state index contributed by atoms with van der Waals surface area (Å²) in [4.78, 5) is 13.6. The lowest BCUT2D eigenvalue weighted by atomic mass is 10.1. The molecule has 1 amide bonds. The third kappa shape index (κ3) is 2.55. The van der Waals surface area contributed by atoms with E-state index in [1.807, 2.05) is 0 Å². The number of hydrogen-bond donors (Lipinski definition) is 2. The van der Waals surface area contributed by atoms with Crippen LogP contribution in [0.5, 0.6) is 5.75 Å². The normalized spacial score (nSPS) is 14.7. The number of phenols is 1. The number of aliphatic hydroxyl groups excluding tert-OH is 1. The SMILES string of the molecule is O=C(c1ccc(F)cc1O)N(CCO)C1CC1. The molecule has 0 unspecified atom stereocenters. The molecule has 17 heavy (non-hydrogen) atoms. The highest BCUT2D eigenvalue weighted by atomic mass is 19.1. The van der Waals surface area contributed by atoms with E-state index >= 15 is 0 Å². The first-order chi connectivity index (χ1) is 8.13. The quantitative estimate of drug-likeness (QED) is 0.828. The van der Waals surface area contributed by atoms with Crippen LogP contribution in [0.1, 0.15) is 23.2 Å². The summed E-state index contributed by atoms with van der Waals surface area (Å²) in [5.74, 6) is -1.31. The van der Waals surface area contributed by atoms with Crippen LogP contribution in [0.4, 0.5) is 4.39 Å². The van der Waals surface area contributed by atoms with Crippen molar-refractivity contribution in [3.63, 3.8) is 0 Å². The number of halogens is 1.